The van der Waals surface area contributed by atoms with Crippen LogP contribution in [0.2, 0.25) is 4.34 Å². The standard InChI is InChI=1S/C16H10ClNOS/c17-15-9-16(19)18(20-15)14-7-3-6-12-11-5-2-1-4-10(11)8-13(12)14/h1-7,9H,8H2. The molecule has 0 fully saturated rings. The zero-order chi connectivity index (χ0) is 13.7. The predicted molar refractivity (Wildman–Crippen MR) is 83.2 cm³/mol. The zero-order valence-corrected chi connectivity index (χ0v) is 12.0. The summed E-state index contributed by atoms with van der Waals surface area (Å²) < 4.78 is 2.19. The molecule has 98 valence electrons. The first-order valence-corrected chi connectivity index (χ1v) is 7.48. The van der Waals surface area contributed by atoms with Gasteiger partial charge in [-0.15, -0.1) is 0 Å². The summed E-state index contributed by atoms with van der Waals surface area (Å²) in [6, 6.07) is 15.9. The lowest BCUT2D eigenvalue weighted by molar-refractivity contribution is 1.09. The van der Waals surface area contributed by atoms with Crippen molar-refractivity contribution in [3.05, 3.63) is 74.3 Å². The van der Waals surface area contributed by atoms with Crippen molar-refractivity contribution >= 4 is 23.1 Å². The normalized spacial score (nSPS) is 12.2. The van der Waals surface area contributed by atoms with Crippen LogP contribution in [0.15, 0.2) is 53.3 Å². The SMILES string of the molecule is O=c1cc(Cl)sn1-c1cccc2c1Cc1ccccc1-2. The molecule has 0 aliphatic heterocycles. The smallest absolute Gasteiger partial charge is 0.266 e. The van der Waals surface area contributed by atoms with E-state index in [0.717, 1.165) is 12.1 Å². The molecular weight excluding hydrogens is 290 g/mol. The summed E-state index contributed by atoms with van der Waals surface area (Å²) in [4.78, 5) is 12.0. The van der Waals surface area contributed by atoms with Gasteiger partial charge in [-0.2, -0.15) is 0 Å². The predicted octanol–water partition coefficient (Wildman–Crippen LogP) is 4.12. The molecule has 1 heterocycles. The highest BCUT2D eigenvalue weighted by molar-refractivity contribution is 7.11. The molecule has 4 rings (SSSR count). The van der Waals surface area contributed by atoms with Gasteiger partial charge in [0.25, 0.3) is 5.56 Å². The van der Waals surface area contributed by atoms with E-state index >= 15 is 0 Å². The fourth-order valence-corrected chi connectivity index (χ4v) is 3.85. The van der Waals surface area contributed by atoms with Crippen LogP contribution in [0.1, 0.15) is 11.1 Å². The lowest BCUT2D eigenvalue weighted by Gasteiger charge is -2.07. The molecule has 1 aliphatic rings. The molecule has 3 aromatic rings. The Bertz CT molecular complexity index is 878. The molecule has 0 saturated carbocycles. The van der Waals surface area contributed by atoms with Crippen LogP contribution in [-0.2, 0) is 6.42 Å². The van der Waals surface area contributed by atoms with E-state index in [1.807, 2.05) is 12.1 Å². The number of hydrogen-bond acceptors (Lipinski definition) is 2. The van der Waals surface area contributed by atoms with Crippen molar-refractivity contribution < 1.29 is 0 Å². The maximum atomic E-state index is 12.0. The van der Waals surface area contributed by atoms with Crippen LogP contribution in [0.3, 0.4) is 0 Å². The highest BCUT2D eigenvalue weighted by Gasteiger charge is 2.22. The van der Waals surface area contributed by atoms with Crippen LogP contribution in [0.4, 0.5) is 0 Å². The molecule has 0 saturated heterocycles. The minimum Gasteiger partial charge on any atom is -0.268 e. The van der Waals surface area contributed by atoms with Crippen molar-refractivity contribution in [1.82, 2.24) is 3.96 Å². The van der Waals surface area contributed by atoms with E-state index in [-0.39, 0.29) is 5.56 Å². The number of halogens is 1. The van der Waals surface area contributed by atoms with Crippen molar-refractivity contribution in [1.29, 1.82) is 0 Å². The molecule has 4 heteroatoms. The zero-order valence-electron chi connectivity index (χ0n) is 10.5. The van der Waals surface area contributed by atoms with E-state index in [1.165, 1.54) is 39.9 Å². The van der Waals surface area contributed by atoms with Gasteiger partial charge in [0.1, 0.15) is 4.34 Å². The Labute approximate surface area is 125 Å². The molecule has 2 aromatic carbocycles. The molecule has 0 radical (unpaired) electrons. The van der Waals surface area contributed by atoms with Gasteiger partial charge < -0.3 is 0 Å². The fraction of sp³-hybridized carbons (Fsp3) is 0.0625. The van der Waals surface area contributed by atoms with Gasteiger partial charge in [-0.1, -0.05) is 48.0 Å². The molecule has 2 nitrogen and oxygen atoms in total. The van der Waals surface area contributed by atoms with Crippen molar-refractivity contribution in [2.75, 3.05) is 0 Å². The summed E-state index contributed by atoms with van der Waals surface area (Å²) in [6.07, 6.45) is 0.865. The van der Waals surface area contributed by atoms with E-state index in [4.69, 9.17) is 11.6 Å². The van der Waals surface area contributed by atoms with Gasteiger partial charge in [0, 0.05) is 12.5 Å². The van der Waals surface area contributed by atoms with E-state index in [1.54, 1.807) is 3.96 Å². The Morgan fingerprint density at radius 1 is 1.05 bits per heavy atom. The quantitative estimate of drug-likeness (QED) is 0.518. The molecule has 1 aromatic heterocycles. The first-order chi connectivity index (χ1) is 9.74. The Kier molecular flexibility index (Phi) is 2.59. The molecule has 1 aliphatic carbocycles. The van der Waals surface area contributed by atoms with Crippen molar-refractivity contribution in [2.45, 2.75) is 6.42 Å². The average Bonchev–Trinajstić information content (AvgIpc) is 2.98. The summed E-state index contributed by atoms with van der Waals surface area (Å²) in [7, 11) is 0. The van der Waals surface area contributed by atoms with Crippen LogP contribution < -0.4 is 5.56 Å². The third-order valence-corrected chi connectivity index (χ3v) is 4.83. The number of fused-ring (bicyclic) bond motifs is 3. The first-order valence-electron chi connectivity index (χ1n) is 6.33. The van der Waals surface area contributed by atoms with Gasteiger partial charge in [-0.05, 0) is 39.9 Å². The minimum atomic E-state index is -0.0654. The Balaban J connectivity index is 1.98. The van der Waals surface area contributed by atoms with Crippen LogP contribution in [0, 0.1) is 0 Å². The summed E-state index contributed by atoms with van der Waals surface area (Å²) in [5.74, 6) is 0. The van der Waals surface area contributed by atoms with Crippen LogP contribution in [-0.4, -0.2) is 3.96 Å². The molecule has 0 amide bonds. The maximum Gasteiger partial charge on any atom is 0.266 e. The highest BCUT2D eigenvalue weighted by Crippen LogP contribution is 2.39. The Morgan fingerprint density at radius 3 is 2.65 bits per heavy atom. The third kappa shape index (κ3) is 1.67. The lowest BCUT2D eigenvalue weighted by atomic mass is 10.1. The monoisotopic (exact) mass is 299 g/mol. The number of rotatable bonds is 1. The molecular formula is C16H10ClNOS. The maximum absolute atomic E-state index is 12.0. The van der Waals surface area contributed by atoms with Crippen molar-refractivity contribution in [2.24, 2.45) is 0 Å². The van der Waals surface area contributed by atoms with E-state index in [9.17, 15) is 4.79 Å². The third-order valence-electron chi connectivity index (χ3n) is 3.66. The van der Waals surface area contributed by atoms with E-state index < -0.39 is 0 Å². The Hall–Kier alpha value is -1.84. The summed E-state index contributed by atoms with van der Waals surface area (Å²) in [5, 5.41) is 0. The Morgan fingerprint density at radius 2 is 1.85 bits per heavy atom. The fourth-order valence-electron chi connectivity index (χ4n) is 2.81. The first kappa shape index (κ1) is 11.9. The summed E-state index contributed by atoms with van der Waals surface area (Å²) in [6.45, 7) is 0. The largest absolute Gasteiger partial charge is 0.268 e. The number of benzene rings is 2. The van der Waals surface area contributed by atoms with Gasteiger partial charge in [-0.25, -0.2) is 3.96 Å². The topological polar surface area (TPSA) is 22.0 Å². The second-order valence-corrected chi connectivity index (χ2v) is 6.43. The molecule has 20 heavy (non-hydrogen) atoms. The van der Waals surface area contributed by atoms with E-state index in [0.29, 0.717) is 4.34 Å². The van der Waals surface area contributed by atoms with Gasteiger partial charge in [0.2, 0.25) is 0 Å². The van der Waals surface area contributed by atoms with Crippen LogP contribution in [0.25, 0.3) is 16.8 Å². The number of hydrogen-bond donors (Lipinski definition) is 0. The molecule has 0 atom stereocenters. The second kappa shape index (κ2) is 4.33. The molecule has 0 N–H and O–H groups in total. The average molecular weight is 300 g/mol. The minimum absolute atomic E-state index is 0.0654. The number of aromatic nitrogens is 1. The summed E-state index contributed by atoms with van der Waals surface area (Å²) >= 11 is 7.24. The van der Waals surface area contributed by atoms with Crippen molar-refractivity contribution in [3.8, 4) is 16.8 Å². The number of nitrogens with zero attached hydrogens (tertiary/aromatic N) is 1. The molecule has 0 unspecified atom stereocenters. The second-order valence-electron chi connectivity index (χ2n) is 4.81. The molecule has 0 bridgehead atoms. The van der Waals surface area contributed by atoms with Gasteiger partial charge in [-0.3, -0.25) is 4.79 Å². The van der Waals surface area contributed by atoms with E-state index in [2.05, 4.69) is 30.3 Å². The van der Waals surface area contributed by atoms with Crippen LogP contribution >= 0.6 is 23.1 Å². The van der Waals surface area contributed by atoms with Crippen LogP contribution in [0.5, 0.6) is 0 Å². The molecule has 0 spiro atoms. The summed E-state index contributed by atoms with van der Waals surface area (Å²) in [5.41, 5.74) is 5.87. The van der Waals surface area contributed by atoms with Gasteiger partial charge in [0.15, 0.2) is 0 Å². The van der Waals surface area contributed by atoms with Gasteiger partial charge in [0.05, 0.1) is 5.69 Å². The van der Waals surface area contributed by atoms with Gasteiger partial charge >= 0.3 is 0 Å². The lowest BCUT2D eigenvalue weighted by Crippen LogP contribution is -2.11. The van der Waals surface area contributed by atoms with Crippen molar-refractivity contribution in [3.63, 3.8) is 0 Å². The highest BCUT2D eigenvalue weighted by atomic mass is 35.5.